The van der Waals surface area contributed by atoms with Gasteiger partial charge in [-0.2, -0.15) is 9.78 Å². The fourth-order valence-electron chi connectivity index (χ4n) is 0.914. The van der Waals surface area contributed by atoms with Gasteiger partial charge in [0.05, 0.1) is 26.1 Å². The van der Waals surface area contributed by atoms with E-state index in [9.17, 15) is 19.2 Å². The number of carbonyl (C=O) groups excluding carboxylic acids is 4. The topological polar surface area (TPSA) is 105 Å². The molecule has 0 aliphatic heterocycles. The van der Waals surface area contributed by atoms with Gasteiger partial charge in [0.25, 0.3) is 10.1 Å². The Kier molecular flexibility index (Phi) is 20.7. The summed E-state index contributed by atoms with van der Waals surface area (Å²) in [6.07, 6.45) is -0.461. The van der Waals surface area contributed by atoms with Gasteiger partial charge in [-0.1, -0.05) is 0 Å². The molecule has 0 N–H and O–H groups in total. The molecule has 0 saturated heterocycles. The average Bonchev–Trinajstić information content (AvgIpc) is 2.49. The van der Waals surface area contributed by atoms with Crippen LogP contribution in [0, 0.1) is 0 Å². The summed E-state index contributed by atoms with van der Waals surface area (Å²) >= 11 is 9.02. The summed E-state index contributed by atoms with van der Waals surface area (Å²) in [4.78, 5) is 60.3. The minimum atomic E-state index is -0.522. The van der Waals surface area contributed by atoms with Crippen LogP contribution in [0.15, 0.2) is 0 Å². The molecule has 0 aromatic heterocycles. The van der Waals surface area contributed by atoms with Gasteiger partial charge in [-0.05, 0) is 52.1 Å². The van der Waals surface area contributed by atoms with Crippen LogP contribution in [-0.2, 0) is 60.4 Å². The molecule has 0 atom stereocenters. The van der Waals surface area contributed by atoms with E-state index in [2.05, 4.69) is 44.0 Å². The zero-order chi connectivity index (χ0) is 19.1. The van der Waals surface area contributed by atoms with Crippen LogP contribution in [-0.4, -0.2) is 46.4 Å². The molecule has 0 saturated carbocycles. The Balaban J connectivity index is -0.000000372. The van der Waals surface area contributed by atoms with E-state index in [-0.39, 0.29) is 56.2 Å². The van der Waals surface area contributed by atoms with E-state index in [4.69, 9.17) is 0 Å². The van der Waals surface area contributed by atoms with Gasteiger partial charge in [-0.15, -0.1) is 0 Å². The molecule has 0 fully saturated rings. The van der Waals surface area contributed by atoms with E-state index in [1.807, 2.05) is 0 Å². The fourth-order valence-corrected chi connectivity index (χ4v) is 1.15. The third-order valence-corrected chi connectivity index (χ3v) is 2.37. The van der Waals surface area contributed by atoms with Crippen LogP contribution >= 0.6 is 24.4 Å². The van der Waals surface area contributed by atoms with Crippen LogP contribution in [0.1, 0.15) is 40.5 Å². The molecule has 0 aliphatic carbocycles. The minimum absolute atomic E-state index is 0. The summed E-state index contributed by atoms with van der Waals surface area (Å²) in [5.74, 6) is -1.54. The van der Waals surface area contributed by atoms with Gasteiger partial charge in [0.2, 0.25) is 11.6 Å². The molecule has 0 unspecified atom stereocenters. The van der Waals surface area contributed by atoms with Gasteiger partial charge in [0, 0.05) is 21.7 Å². The molecule has 0 amide bonds. The molecule has 140 valence electrons. The molecule has 0 aromatic rings. The maximum absolute atomic E-state index is 10.9. The molecular weight excluding hydrogens is 408 g/mol. The van der Waals surface area contributed by atoms with Crippen molar-refractivity contribution in [1.29, 1.82) is 0 Å². The zero-order valence-corrected chi connectivity index (χ0v) is 17.6. The third-order valence-electron chi connectivity index (χ3n) is 1.78. The molecule has 25 heavy (non-hydrogen) atoms. The summed E-state index contributed by atoms with van der Waals surface area (Å²) in [5.41, 5.74) is 0. The summed E-state index contributed by atoms with van der Waals surface area (Å²) in [7, 11) is 0. The Morgan fingerprint density at radius 3 is 1.20 bits per heavy atom. The van der Waals surface area contributed by atoms with Gasteiger partial charge in [-0.25, -0.2) is 0 Å². The number of ketones is 4. The van der Waals surface area contributed by atoms with E-state index in [1.54, 1.807) is 13.8 Å². The first-order valence-corrected chi connectivity index (χ1v) is 7.69. The van der Waals surface area contributed by atoms with Crippen LogP contribution < -0.4 is 0 Å². The Hall–Kier alpha value is -0.906. The molecular formula is C14H20O8S2Ti. The van der Waals surface area contributed by atoms with Crippen molar-refractivity contribution in [3.8, 4) is 0 Å². The largest absolute Gasteiger partial charge is 0.322 e. The van der Waals surface area contributed by atoms with Crippen molar-refractivity contribution < 1.29 is 60.4 Å². The monoisotopic (exact) mass is 428 g/mol. The normalized spacial score (nSPS) is 8.80. The SMILES string of the molecule is CCOOC(=S)C(=O)CC(C)=O.CCOOC(=S)C(=O)CC(C)=O.[Ti]. The Bertz CT molecular complexity index is 449. The smallest absolute Gasteiger partial charge is 0.272 e. The van der Waals surface area contributed by atoms with Crippen LogP contribution in [0.4, 0.5) is 0 Å². The maximum atomic E-state index is 10.9. The number of thiocarbonyl (C=S) groups is 2. The van der Waals surface area contributed by atoms with Crippen molar-refractivity contribution in [3.63, 3.8) is 0 Å². The molecule has 0 aromatic carbocycles. The molecule has 0 bridgehead atoms. The van der Waals surface area contributed by atoms with Gasteiger partial charge in [-0.3, -0.25) is 19.2 Å². The number of hydrogen-bond acceptors (Lipinski definition) is 10. The van der Waals surface area contributed by atoms with E-state index in [0.717, 1.165) is 0 Å². The van der Waals surface area contributed by atoms with Crippen LogP contribution in [0.25, 0.3) is 0 Å². The summed E-state index contributed by atoms with van der Waals surface area (Å²) < 4.78 is 0. The van der Waals surface area contributed by atoms with Gasteiger partial charge in [0.1, 0.15) is 11.6 Å². The van der Waals surface area contributed by atoms with Crippen LogP contribution in [0.5, 0.6) is 0 Å². The van der Waals surface area contributed by atoms with Gasteiger partial charge >= 0.3 is 0 Å². The third kappa shape index (κ3) is 19.3. The number of Topliss-reactive ketones (excluding diaryl/α,β-unsaturated/α-hetero) is 4. The van der Waals surface area contributed by atoms with Crippen molar-refractivity contribution in [2.75, 3.05) is 13.2 Å². The van der Waals surface area contributed by atoms with E-state index in [1.165, 1.54) is 13.8 Å². The molecule has 8 nitrogen and oxygen atoms in total. The molecule has 0 heterocycles. The van der Waals surface area contributed by atoms with Crippen LogP contribution in [0.2, 0.25) is 0 Å². The molecule has 0 aliphatic rings. The Morgan fingerprint density at radius 1 is 0.720 bits per heavy atom. The number of hydrogen-bond donors (Lipinski definition) is 0. The maximum Gasteiger partial charge on any atom is 0.272 e. The first-order valence-electron chi connectivity index (χ1n) is 6.87. The first-order chi connectivity index (χ1) is 11.1. The predicted molar refractivity (Wildman–Crippen MR) is 91.2 cm³/mol. The van der Waals surface area contributed by atoms with Crippen LogP contribution in [0.3, 0.4) is 0 Å². The average molecular weight is 428 g/mol. The number of rotatable bonds is 10. The molecule has 0 rings (SSSR count). The van der Waals surface area contributed by atoms with Crippen molar-refractivity contribution in [2.24, 2.45) is 0 Å². The molecule has 0 radical (unpaired) electrons. The van der Waals surface area contributed by atoms with Gasteiger partial charge < -0.3 is 9.78 Å². The predicted octanol–water partition coefficient (Wildman–Crippen LogP) is 1.66. The second-order valence-corrected chi connectivity index (χ2v) is 4.90. The molecule has 11 heteroatoms. The quantitative estimate of drug-likeness (QED) is 0.168. The van der Waals surface area contributed by atoms with Gasteiger partial charge in [0.15, 0.2) is 0 Å². The molecule has 0 spiro atoms. The second-order valence-electron chi connectivity index (χ2n) is 4.16. The standard InChI is InChI=1S/2C7H10O4S.Ti/c2*1-3-10-11-7(12)6(9)4-5(2)8;/h2*3-4H2,1-2H3;. The second kappa shape index (κ2) is 17.9. The van der Waals surface area contributed by atoms with Crippen molar-refractivity contribution in [3.05, 3.63) is 0 Å². The van der Waals surface area contributed by atoms with Crippen molar-refractivity contribution in [1.82, 2.24) is 0 Å². The zero-order valence-electron chi connectivity index (χ0n) is 14.4. The summed E-state index contributed by atoms with van der Waals surface area (Å²) in [6, 6.07) is 0. The Morgan fingerprint density at radius 2 is 1.00 bits per heavy atom. The fraction of sp³-hybridized carbons (Fsp3) is 0.571. The number of carbonyl (C=O) groups is 4. The van der Waals surface area contributed by atoms with Crippen molar-refractivity contribution >= 4 is 57.7 Å². The summed E-state index contributed by atoms with van der Waals surface area (Å²) in [5, 5.41) is -0.598. The Labute approximate surface area is 171 Å². The van der Waals surface area contributed by atoms with E-state index in [0.29, 0.717) is 13.2 Å². The van der Waals surface area contributed by atoms with Crippen molar-refractivity contribution in [2.45, 2.75) is 40.5 Å². The first kappa shape index (κ1) is 28.9. The van der Waals surface area contributed by atoms with E-state index < -0.39 is 11.6 Å². The van der Waals surface area contributed by atoms with E-state index >= 15 is 0 Å². The minimum Gasteiger partial charge on any atom is -0.322 e. The summed E-state index contributed by atoms with van der Waals surface area (Å²) in [6.45, 7) is 6.60.